The molecule has 4 heteroatoms. The highest BCUT2D eigenvalue weighted by Gasteiger charge is 2.26. The molecule has 21 heavy (non-hydrogen) atoms. The molecule has 1 heterocycles. The van der Waals surface area contributed by atoms with Crippen molar-refractivity contribution in [3.05, 3.63) is 33.7 Å². The zero-order valence-corrected chi connectivity index (χ0v) is 13.2. The Morgan fingerprint density at radius 1 is 1.29 bits per heavy atom. The van der Waals surface area contributed by atoms with E-state index >= 15 is 0 Å². The van der Waals surface area contributed by atoms with Gasteiger partial charge in [-0.25, -0.2) is 0 Å². The Morgan fingerprint density at radius 2 is 1.90 bits per heavy atom. The molecule has 4 nitrogen and oxygen atoms in total. The molecule has 0 atom stereocenters. The number of pyridine rings is 1. The first-order valence-corrected chi connectivity index (χ1v) is 7.77. The van der Waals surface area contributed by atoms with Crippen LogP contribution in [0.1, 0.15) is 70.2 Å². The monoisotopic (exact) mass is 291 g/mol. The Kier molecular flexibility index (Phi) is 4.55. The van der Waals surface area contributed by atoms with Crippen molar-refractivity contribution in [3.63, 3.8) is 0 Å². The predicted molar refractivity (Wildman–Crippen MR) is 82.9 cm³/mol. The molecule has 1 aromatic rings. The number of aromatic nitrogens is 1. The molecule has 1 N–H and O–H groups in total. The van der Waals surface area contributed by atoms with Crippen LogP contribution in [0.3, 0.4) is 0 Å². The highest BCUT2D eigenvalue weighted by molar-refractivity contribution is 5.67. The average molecular weight is 291 g/mol. The van der Waals surface area contributed by atoms with Gasteiger partial charge in [-0.1, -0.05) is 39.7 Å². The van der Waals surface area contributed by atoms with Gasteiger partial charge in [-0.3, -0.25) is 9.59 Å². The van der Waals surface area contributed by atoms with Gasteiger partial charge >= 0.3 is 5.97 Å². The van der Waals surface area contributed by atoms with E-state index in [0.29, 0.717) is 12.0 Å². The van der Waals surface area contributed by atoms with Gasteiger partial charge < -0.3 is 9.67 Å². The van der Waals surface area contributed by atoms with E-state index in [1.54, 1.807) is 0 Å². The van der Waals surface area contributed by atoms with Gasteiger partial charge in [0.1, 0.15) is 0 Å². The molecule has 1 aliphatic carbocycles. The van der Waals surface area contributed by atoms with Crippen LogP contribution >= 0.6 is 0 Å². The second-order valence-electron chi connectivity index (χ2n) is 7.00. The molecular weight excluding hydrogens is 266 g/mol. The van der Waals surface area contributed by atoms with Crippen molar-refractivity contribution in [2.45, 2.75) is 70.8 Å². The lowest BCUT2D eigenvalue weighted by Crippen LogP contribution is -2.33. The zero-order chi connectivity index (χ0) is 15.6. The summed E-state index contributed by atoms with van der Waals surface area (Å²) in [5.41, 5.74) is 1.60. The molecule has 0 spiro atoms. The Balaban J connectivity index is 2.47. The van der Waals surface area contributed by atoms with Crippen LogP contribution in [0.25, 0.3) is 0 Å². The van der Waals surface area contributed by atoms with E-state index in [9.17, 15) is 9.59 Å². The Hall–Kier alpha value is -1.58. The molecule has 116 valence electrons. The normalized spacial score (nSPS) is 16.3. The van der Waals surface area contributed by atoms with Crippen LogP contribution in [0, 0.1) is 0 Å². The van der Waals surface area contributed by atoms with Crippen molar-refractivity contribution in [1.29, 1.82) is 0 Å². The quantitative estimate of drug-likeness (QED) is 0.926. The Morgan fingerprint density at radius 3 is 2.43 bits per heavy atom. The average Bonchev–Trinajstić information content (AvgIpc) is 2.89. The van der Waals surface area contributed by atoms with Gasteiger partial charge in [-0.05, 0) is 25.3 Å². The van der Waals surface area contributed by atoms with Gasteiger partial charge in [0.05, 0.1) is 0 Å². The minimum atomic E-state index is -0.860. The number of carboxylic acid groups (broad SMARTS) is 1. The molecule has 0 bridgehead atoms. The van der Waals surface area contributed by atoms with Gasteiger partial charge in [0.2, 0.25) is 0 Å². The molecule has 0 aliphatic heterocycles. The number of carboxylic acids is 1. The van der Waals surface area contributed by atoms with Gasteiger partial charge in [0, 0.05) is 29.1 Å². The summed E-state index contributed by atoms with van der Waals surface area (Å²) in [6, 6.07) is 4.10. The van der Waals surface area contributed by atoms with Crippen molar-refractivity contribution in [3.8, 4) is 0 Å². The molecule has 1 aromatic heterocycles. The number of aryl methyl sites for hydroxylation is 1. The third-order valence-electron chi connectivity index (χ3n) is 4.26. The maximum Gasteiger partial charge on any atom is 0.303 e. The molecule has 1 aliphatic rings. The van der Waals surface area contributed by atoms with Crippen molar-refractivity contribution in [2.24, 2.45) is 0 Å². The molecule has 0 aromatic carbocycles. The van der Waals surface area contributed by atoms with Crippen LogP contribution in [0.5, 0.6) is 0 Å². The predicted octanol–water partition coefficient (Wildman–Crippen LogP) is 3.28. The Labute approximate surface area is 125 Å². The molecular formula is C17H25NO3. The Bertz CT molecular complexity index is 575. The molecule has 0 unspecified atom stereocenters. The highest BCUT2D eigenvalue weighted by atomic mass is 16.4. The largest absolute Gasteiger partial charge is 0.481 e. The third-order valence-corrected chi connectivity index (χ3v) is 4.26. The number of aliphatic carboxylic acids is 1. The second kappa shape index (κ2) is 6.04. The lowest BCUT2D eigenvalue weighted by atomic mass is 9.90. The smallest absolute Gasteiger partial charge is 0.303 e. The minimum Gasteiger partial charge on any atom is -0.481 e. The van der Waals surface area contributed by atoms with Gasteiger partial charge in [-0.15, -0.1) is 0 Å². The molecule has 0 amide bonds. The van der Waals surface area contributed by atoms with E-state index in [2.05, 4.69) is 20.8 Å². The van der Waals surface area contributed by atoms with Crippen LogP contribution in [0.2, 0.25) is 0 Å². The second-order valence-corrected chi connectivity index (χ2v) is 7.00. The van der Waals surface area contributed by atoms with Crippen molar-refractivity contribution in [1.82, 2.24) is 4.57 Å². The van der Waals surface area contributed by atoms with Crippen LogP contribution in [-0.2, 0) is 16.6 Å². The topological polar surface area (TPSA) is 59.3 Å². The number of carbonyl (C=O) groups is 1. The number of nitrogens with zero attached hydrogens (tertiary/aromatic N) is 1. The fraction of sp³-hybridized carbons (Fsp3) is 0.647. The summed E-state index contributed by atoms with van der Waals surface area (Å²) in [5, 5.41) is 8.82. The summed E-state index contributed by atoms with van der Waals surface area (Å²) in [5.74, 6) is -0.860. The number of hydrogen-bond acceptors (Lipinski definition) is 2. The summed E-state index contributed by atoms with van der Waals surface area (Å²) in [7, 11) is 0. The zero-order valence-electron chi connectivity index (χ0n) is 13.2. The fourth-order valence-electron chi connectivity index (χ4n) is 3.16. The molecule has 1 saturated carbocycles. The first kappa shape index (κ1) is 15.8. The number of hydrogen-bond donors (Lipinski definition) is 1. The number of rotatable bonds is 4. The minimum absolute atomic E-state index is 0.00870. The van der Waals surface area contributed by atoms with Gasteiger partial charge in [-0.2, -0.15) is 0 Å². The van der Waals surface area contributed by atoms with Crippen LogP contribution in [0.15, 0.2) is 16.9 Å². The van der Waals surface area contributed by atoms with Crippen LogP contribution < -0.4 is 5.56 Å². The first-order valence-electron chi connectivity index (χ1n) is 7.77. The summed E-state index contributed by atoms with van der Waals surface area (Å²) in [6.07, 6.45) is 4.75. The van der Waals surface area contributed by atoms with Gasteiger partial charge in [0.25, 0.3) is 5.56 Å². The lowest BCUT2D eigenvalue weighted by molar-refractivity contribution is -0.136. The maximum atomic E-state index is 12.8. The SMILES string of the molecule is CC(C)(C)c1ccc(CCC(=O)O)c(=O)n1C1CCCC1. The van der Waals surface area contributed by atoms with E-state index in [1.165, 1.54) is 12.8 Å². The molecule has 0 saturated heterocycles. The molecule has 1 fully saturated rings. The summed E-state index contributed by atoms with van der Waals surface area (Å²) < 4.78 is 1.95. The van der Waals surface area contributed by atoms with E-state index in [-0.39, 0.29) is 23.4 Å². The highest BCUT2D eigenvalue weighted by Crippen LogP contribution is 2.32. The van der Waals surface area contributed by atoms with Gasteiger partial charge in [0.15, 0.2) is 0 Å². The summed E-state index contributed by atoms with van der Waals surface area (Å²) >= 11 is 0. The van der Waals surface area contributed by atoms with E-state index in [1.807, 2.05) is 16.7 Å². The molecule has 2 rings (SSSR count). The van der Waals surface area contributed by atoms with E-state index < -0.39 is 5.97 Å². The lowest BCUT2D eigenvalue weighted by Gasteiger charge is -2.28. The van der Waals surface area contributed by atoms with Crippen molar-refractivity contribution < 1.29 is 9.90 Å². The molecule has 0 radical (unpaired) electrons. The third kappa shape index (κ3) is 3.55. The van der Waals surface area contributed by atoms with Crippen molar-refractivity contribution in [2.75, 3.05) is 0 Å². The van der Waals surface area contributed by atoms with Crippen LogP contribution in [-0.4, -0.2) is 15.6 Å². The maximum absolute atomic E-state index is 12.8. The fourth-order valence-corrected chi connectivity index (χ4v) is 3.16. The van der Waals surface area contributed by atoms with E-state index in [4.69, 9.17) is 5.11 Å². The first-order chi connectivity index (χ1) is 9.80. The van der Waals surface area contributed by atoms with Crippen molar-refractivity contribution >= 4 is 5.97 Å². The standard InChI is InChI=1S/C17H25NO3/c1-17(2,3)14-10-8-12(9-11-15(19)20)16(21)18(14)13-6-4-5-7-13/h8,10,13H,4-7,9,11H2,1-3H3,(H,19,20). The van der Waals surface area contributed by atoms with Crippen LogP contribution in [0.4, 0.5) is 0 Å². The van der Waals surface area contributed by atoms with E-state index in [0.717, 1.165) is 18.5 Å². The summed E-state index contributed by atoms with van der Waals surface area (Å²) in [6.45, 7) is 6.35. The summed E-state index contributed by atoms with van der Waals surface area (Å²) in [4.78, 5) is 23.5.